The van der Waals surface area contributed by atoms with Gasteiger partial charge in [0.1, 0.15) is 11.5 Å². The highest BCUT2D eigenvalue weighted by atomic mass is 32.2. The Balaban J connectivity index is 2.10. The highest BCUT2D eigenvalue weighted by Gasteiger charge is 2.07. The molecule has 0 unspecified atom stereocenters. The lowest BCUT2D eigenvalue weighted by atomic mass is 10.1. The van der Waals surface area contributed by atoms with E-state index < -0.39 is 15.9 Å². The molecule has 1 amide bonds. The summed E-state index contributed by atoms with van der Waals surface area (Å²) in [5.74, 6) is 0.193. The first-order chi connectivity index (χ1) is 12.1. The number of nitrogens with zero attached hydrogens (tertiary/aromatic N) is 1. The van der Waals surface area contributed by atoms with E-state index in [-0.39, 0.29) is 10.9 Å². The van der Waals surface area contributed by atoms with Gasteiger partial charge in [0.05, 0.1) is 4.90 Å². The summed E-state index contributed by atoms with van der Waals surface area (Å²) in [5, 5.41) is 5.04. The summed E-state index contributed by atoms with van der Waals surface area (Å²) in [5.41, 5.74) is 11.5. The predicted octanol–water partition coefficient (Wildman–Crippen LogP) is 1.33. The number of guanidine groups is 1. The summed E-state index contributed by atoms with van der Waals surface area (Å²) in [6, 6.07) is 12.6. The van der Waals surface area contributed by atoms with Gasteiger partial charge in [0.15, 0.2) is 5.96 Å². The van der Waals surface area contributed by atoms with Gasteiger partial charge in [-0.1, -0.05) is 12.1 Å². The molecule has 0 radical (unpaired) electrons. The van der Waals surface area contributed by atoms with Crippen molar-refractivity contribution in [1.29, 1.82) is 0 Å². The zero-order valence-electron chi connectivity index (χ0n) is 13.9. The van der Waals surface area contributed by atoms with Crippen molar-refractivity contribution in [2.24, 2.45) is 21.6 Å². The van der Waals surface area contributed by atoms with E-state index in [0.717, 1.165) is 5.56 Å². The molecule has 8 nitrogen and oxygen atoms in total. The fourth-order valence-corrected chi connectivity index (χ4v) is 2.50. The third-order valence-corrected chi connectivity index (χ3v) is 4.15. The fraction of sp³-hybridized carbons (Fsp3) is 0.0588. The van der Waals surface area contributed by atoms with Crippen molar-refractivity contribution in [3.05, 3.63) is 59.7 Å². The van der Waals surface area contributed by atoms with E-state index in [0.29, 0.717) is 17.1 Å². The molecule has 0 saturated heterocycles. The summed E-state index contributed by atoms with van der Waals surface area (Å²) >= 11 is 0. The molecule has 2 aromatic carbocycles. The molecular formula is C17H18N4O4S. The van der Waals surface area contributed by atoms with Gasteiger partial charge in [-0.25, -0.2) is 13.6 Å². The Bertz CT molecular complexity index is 959. The molecule has 2 rings (SSSR count). The van der Waals surface area contributed by atoms with E-state index in [4.69, 9.17) is 21.3 Å². The molecule has 0 aromatic heterocycles. The van der Waals surface area contributed by atoms with Gasteiger partial charge < -0.3 is 16.2 Å². The number of ether oxygens (including phenoxy) is 1. The minimum absolute atomic E-state index is 0.00579. The number of amides is 1. The number of primary sulfonamides is 1. The van der Waals surface area contributed by atoms with E-state index >= 15 is 0 Å². The van der Waals surface area contributed by atoms with Crippen LogP contribution < -0.4 is 21.3 Å². The third-order valence-electron chi connectivity index (χ3n) is 3.22. The summed E-state index contributed by atoms with van der Waals surface area (Å²) in [7, 11) is -3.74. The van der Waals surface area contributed by atoms with Gasteiger partial charge in [-0.2, -0.15) is 4.99 Å². The number of benzene rings is 2. The maximum atomic E-state index is 11.7. The highest BCUT2D eigenvalue weighted by Crippen LogP contribution is 2.23. The van der Waals surface area contributed by atoms with Crippen LogP contribution in [-0.2, 0) is 14.8 Å². The van der Waals surface area contributed by atoms with Gasteiger partial charge in [0.2, 0.25) is 10.0 Å². The Morgan fingerprint density at radius 2 is 1.50 bits per heavy atom. The number of carbonyl (C=O) groups is 1. The van der Waals surface area contributed by atoms with Crippen LogP contribution in [0.1, 0.15) is 12.5 Å². The van der Waals surface area contributed by atoms with Gasteiger partial charge in [-0.05, 0) is 55.0 Å². The number of carbonyl (C=O) groups excluding carboxylic acids is 1. The summed E-state index contributed by atoms with van der Waals surface area (Å²) in [6.07, 6.45) is 1.64. The predicted molar refractivity (Wildman–Crippen MR) is 98.8 cm³/mol. The second-order valence-electron chi connectivity index (χ2n) is 5.36. The van der Waals surface area contributed by atoms with Gasteiger partial charge in [-0.15, -0.1) is 0 Å². The lowest BCUT2D eigenvalue weighted by Gasteiger charge is -2.07. The summed E-state index contributed by atoms with van der Waals surface area (Å²) in [4.78, 5) is 15.1. The van der Waals surface area contributed by atoms with Crippen LogP contribution >= 0.6 is 0 Å². The number of hydrogen-bond donors (Lipinski definition) is 3. The zero-order chi connectivity index (χ0) is 19.3. The molecule has 0 aliphatic heterocycles. The molecule has 0 heterocycles. The van der Waals surface area contributed by atoms with Crippen molar-refractivity contribution in [3.8, 4) is 11.5 Å². The molecule has 136 valence electrons. The molecule has 9 heteroatoms. The minimum Gasteiger partial charge on any atom is -0.457 e. The number of sulfonamides is 1. The van der Waals surface area contributed by atoms with E-state index in [1.165, 1.54) is 24.3 Å². The van der Waals surface area contributed by atoms with Gasteiger partial charge in [0.25, 0.3) is 5.91 Å². The quantitative estimate of drug-likeness (QED) is 0.408. The number of aliphatic imine (C=N–C) groups is 1. The number of rotatable bonds is 5. The molecule has 0 atom stereocenters. The van der Waals surface area contributed by atoms with Crippen LogP contribution in [0.2, 0.25) is 0 Å². The van der Waals surface area contributed by atoms with Crippen molar-refractivity contribution in [2.75, 3.05) is 0 Å². The molecule has 0 saturated carbocycles. The molecule has 0 bridgehead atoms. The van der Waals surface area contributed by atoms with Crippen molar-refractivity contribution in [2.45, 2.75) is 11.8 Å². The van der Waals surface area contributed by atoms with E-state index in [1.54, 1.807) is 37.3 Å². The lowest BCUT2D eigenvalue weighted by molar-refractivity contribution is -0.114. The summed E-state index contributed by atoms with van der Waals surface area (Å²) < 4.78 is 28.1. The van der Waals surface area contributed by atoms with Gasteiger partial charge in [0, 0.05) is 5.57 Å². The maximum absolute atomic E-state index is 11.7. The molecule has 0 spiro atoms. The highest BCUT2D eigenvalue weighted by molar-refractivity contribution is 7.89. The second-order valence-corrected chi connectivity index (χ2v) is 6.92. The monoisotopic (exact) mass is 374 g/mol. The average molecular weight is 374 g/mol. The van der Waals surface area contributed by atoms with Crippen LogP contribution in [0, 0.1) is 0 Å². The van der Waals surface area contributed by atoms with Crippen molar-refractivity contribution in [1.82, 2.24) is 0 Å². The Morgan fingerprint density at radius 1 is 1.00 bits per heavy atom. The van der Waals surface area contributed by atoms with Crippen molar-refractivity contribution < 1.29 is 17.9 Å². The molecule has 26 heavy (non-hydrogen) atoms. The van der Waals surface area contributed by atoms with Gasteiger partial charge in [-0.3, -0.25) is 4.79 Å². The first-order valence-corrected chi connectivity index (χ1v) is 8.93. The fourth-order valence-electron chi connectivity index (χ4n) is 1.98. The summed E-state index contributed by atoms with van der Waals surface area (Å²) in [6.45, 7) is 1.60. The van der Waals surface area contributed by atoms with Crippen molar-refractivity contribution in [3.63, 3.8) is 0 Å². The average Bonchev–Trinajstić information content (AvgIpc) is 2.55. The molecular weight excluding hydrogens is 356 g/mol. The minimum atomic E-state index is -3.74. The Labute approximate surface area is 151 Å². The lowest BCUT2D eigenvalue weighted by Crippen LogP contribution is -2.24. The Morgan fingerprint density at radius 3 is 1.96 bits per heavy atom. The number of nitrogens with two attached hydrogens (primary N) is 3. The molecule has 6 N–H and O–H groups in total. The Hall–Kier alpha value is -3.17. The third kappa shape index (κ3) is 5.43. The van der Waals surface area contributed by atoms with Crippen LogP contribution in [0.4, 0.5) is 0 Å². The van der Waals surface area contributed by atoms with Crippen LogP contribution in [0.15, 0.2) is 64.0 Å². The van der Waals surface area contributed by atoms with Crippen LogP contribution in [-0.4, -0.2) is 20.3 Å². The molecule has 0 fully saturated rings. The van der Waals surface area contributed by atoms with E-state index in [9.17, 15) is 13.2 Å². The zero-order valence-corrected chi connectivity index (χ0v) is 14.7. The molecule has 0 aliphatic carbocycles. The SMILES string of the molecule is C/C(=C\c1ccc(Oc2ccc(S(N)(=O)=O)cc2)cc1)C(=O)N=C(N)N. The standard InChI is InChI=1S/C17H18N4O4S/c1-11(16(22)21-17(18)19)10-12-2-4-13(5-3-12)25-14-6-8-15(9-7-14)26(20,23)24/h2-10H,1H3,(H2,20,23,24)(H4,18,19,21,22)/b11-10+. The first-order valence-electron chi connectivity index (χ1n) is 7.38. The normalized spacial score (nSPS) is 11.7. The van der Waals surface area contributed by atoms with Crippen LogP contribution in [0.25, 0.3) is 6.08 Å². The first kappa shape index (κ1) is 19.2. The topological polar surface area (TPSA) is 151 Å². The second kappa shape index (κ2) is 7.81. The smallest absolute Gasteiger partial charge is 0.275 e. The van der Waals surface area contributed by atoms with E-state index in [1.807, 2.05) is 0 Å². The molecule has 2 aromatic rings. The maximum Gasteiger partial charge on any atom is 0.275 e. The number of hydrogen-bond acceptors (Lipinski definition) is 4. The van der Waals surface area contributed by atoms with Crippen LogP contribution in [0.3, 0.4) is 0 Å². The van der Waals surface area contributed by atoms with Crippen LogP contribution in [0.5, 0.6) is 11.5 Å². The largest absolute Gasteiger partial charge is 0.457 e. The van der Waals surface area contributed by atoms with Crippen molar-refractivity contribution >= 4 is 28.0 Å². The Kier molecular flexibility index (Phi) is 5.75. The van der Waals surface area contributed by atoms with E-state index in [2.05, 4.69) is 4.99 Å². The van der Waals surface area contributed by atoms with Gasteiger partial charge >= 0.3 is 0 Å². The molecule has 0 aliphatic rings.